The minimum atomic E-state index is -3.98. The van der Waals surface area contributed by atoms with Gasteiger partial charge in [0.2, 0.25) is 21.8 Å². The Morgan fingerprint density at radius 1 is 1.02 bits per heavy atom. The molecule has 214 valence electrons. The molecule has 0 aliphatic heterocycles. The maximum absolute atomic E-state index is 14.0. The number of amides is 2. The molecule has 3 rings (SSSR count). The third-order valence-corrected chi connectivity index (χ3v) is 8.37. The smallest absolute Gasteiger partial charge is 0.244 e. The van der Waals surface area contributed by atoms with Gasteiger partial charge in [-0.3, -0.25) is 13.9 Å². The Morgan fingerprint density at radius 3 is 2.25 bits per heavy atom. The average Bonchev–Trinajstić information content (AvgIpc) is 2.91. The first kappa shape index (κ1) is 31.6. The molecular formula is C29H32BrClFN3O4S. The van der Waals surface area contributed by atoms with Crippen LogP contribution >= 0.6 is 27.5 Å². The predicted molar refractivity (Wildman–Crippen MR) is 160 cm³/mol. The number of carbonyl (C=O) groups excluding carboxylic acids is 2. The van der Waals surface area contributed by atoms with E-state index in [2.05, 4.69) is 21.2 Å². The highest BCUT2D eigenvalue weighted by molar-refractivity contribution is 9.10. The van der Waals surface area contributed by atoms with Gasteiger partial charge in [-0.1, -0.05) is 76.9 Å². The minimum Gasteiger partial charge on any atom is -0.352 e. The molecule has 0 saturated heterocycles. The summed E-state index contributed by atoms with van der Waals surface area (Å²) in [6.45, 7) is 3.26. The van der Waals surface area contributed by atoms with Crippen molar-refractivity contribution in [1.29, 1.82) is 0 Å². The second-order valence-corrected chi connectivity index (χ2v) is 12.8. The van der Waals surface area contributed by atoms with Gasteiger partial charge in [-0.15, -0.1) is 0 Å². The van der Waals surface area contributed by atoms with E-state index in [1.807, 2.05) is 68.4 Å². The predicted octanol–water partition coefficient (Wildman–Crippen LogP) is 5.56. The third-order valence-electron chi connectivity index (χ3n) is 6.41. The summed E-state index contributed by atoms with van der Waals surface area (Å²) in [5, 5.41) is 2.70. The fourth-order valence-corrected chi connectivity index (χ4v) is 5.32. The second kappa shape index (κ2) is 14.1. The maximum Gasteiger partial charge on any atom is 0.244 e. The van der Waals surface area contributed by atoms with E-state index < -0.39 is 34.3 Å². The van der Waals surface area contributed by atoms with E-state index in [0.717, 1.165) is 38.3 Å². The van der Waals surface area contributed by atoms with Gasteiger partial charge < -0.3 is 10.2 Å². The van der Waals surface area contributed by atoms with Crippen molar-refractivity contribution in [2.45, 2.75) is 45.3 Å². The van der Waals surface area contributed by atoms with Crippen LogP contribution in [0.25, 0.3) is 0 Å². The van der Waals surface area contributed by atoms with Crippen molar-refractivity contribution in [2.24, 2.45) is 0 Å². The zero-order valence-electron chi connectivity index (χ0n) is 22.5. The van der Waals surface area contributed by atoms with E-state index in [4.69, 9.17) is 11.6 Å². The van der Waals surface area contributed by atoms with Crippen LogP contribution < -0.4 is 9.62 Å². The lowest BCUT2D eigenvalue weighted by Crippen LogP contribution is -2.54. The van der Waals surface area contributed by atoms with Gasteiger partial charge >= 0.3 is 0 Å². The number of hydrogen-bond donors (Lipinski definition) is 1. The lowest BCUT2D eigenvalue weighted by molar-refractivity contribution is -0.140. The van der Waals surface area contributed by atoms with Crippen LogP contribution in [0.2, 0.25) is 5.02 Å². The molecule has 0 saturated carbocycles. The first-order valence-electron chi connectivity index (χ1n) is 12.7. The molecule has 0 aliphatic rings. The summed E-state index contributed by atoms with van der Waals surface area (Å²) in [6, 6.07) is 19.0. The Bertz CT molecular complexity index is 1420. The van der Waals surface area contributed by atoms with Crippen LogP contribution in [0.4, 0.5) is 10.1 Å². The monoisotopic (exact) mass is 651 g/mol. The summed E-state index contributed by atoms with van der Waals surface area (Å²) in [7, 11) is -3.98. The van der Waals surface area contributed by atoms with Gasteiger partial charge in [-0.05, 0) is 54.8 Å². The zero-order chi connectivity index (χ0) is 29.4. The number of nitrogens with one attached hydrogen (secondary N) is 1. The van der Waals surface area contributed by atoms with Crippen LogP contribution in [0.1, 0.15) is 31.4 Å². The molecule has 3 aromatic carbocycles. The normalized spacial score (nSPS) is 12.8. The number of benzene rings is 3. The number of hydrogen-bond acceptors (Lipinski definition) is 4. The van der Waals surface area contributed by atoms with E-state index in [1.165, 1.54) is 11.0 Å². The van der Waals surface area contributed by atoms with Crippen LogP contribution in [-0.4, -0.2) is 50.0 Å². The maximum atomic E-state index is 14.0. The van der Waals surface area contributed by atoms with Crippen molar-refractivity contribution in [3.63, 3.8) is 0 Å². The molecule has 11 heteroatoms. The number of rotatable bonds is 12. The molecule has 7 nitrogen and oxygen atoms in total. The first-order valence-corrected chi connectivity index (χ1v) is 15.7. The minimum absolute atomic E-state index is 0.0366. The van der Waals surface area contributed by atoms with Crippen LogP contribution in [0.15, 0.2) is 77.3 Å². The largest absolute Gasteiger partial charge is 0.352 e. The summed E-state index contributed by atoms with van der Waals surface area (Å²) >= 11 is 9.33. The van der Waals surface area contributed by atoms with Crippen molar-refractivity contribution in [1.82, 2.24) is 10.2 Å². The lowest BCUT2D eigenvalue weighted by atomic mass is 10.0. The molecule has 0 aliphatic carbocycles. The van der Waals surface area contributed by atoms with Crippen LogP contribution in [0, 0.1) is 5.82 Å². The topological polar surface area (TPSA) is 86.8 Å². The van der Waals surface area contributed by atoms with Crippen LogP contribution in [0.5, 0.6) is 0 Å². The van der Waals surface area contributed by atoms with E-state index >= 15 is 0 Å². The van der Waals surface area contributed by atoms with E-state index in [0.29, 0.717) is 6.42 Å². The number of halogens is 3. The fraction of sp³-hybridized carbons (Fsp3) is 0.310. The van der Waals surface area contributed by atoms with Gasteiger partial charge in [0, 0.05) is 23.5 Å². The Morgan fingerprint density at radius 2 is 1.68 bits per heavy atom. The molecule has 0 fully saturated rings. The number of sulfonamides is 1. The standard InChI is InChI=1S/C29H32BrClFN3O4S/c1-4-20(2)33-29(37)27(16-21-8-6-5-7-9-21)34(18-22-10-12-23(30)13-11-22)28(36)19-35(40(3,38)39)24-14-15-26(32)25(31)17-24/h5-15,17,20,27H,4,16,18-19H2,1-3H3,(H,33,37)/t20-,27-/m0/s1. The molecule has 0 bridgehead atoms. The fourth-order valence-electron chi connectivity index (χ4n) is 4.04. The summed E-state index contributed by atoms with van der Waals surface area (Å²) in [6.07, 6.45) is 1.86. The lowest BCUT2D eigenvalue weighted by Gasteiger charge is -2.34. The molecule has 0 unspecified atom stereocenters. The Hall–Kier alpha value is -2.95. The number of nitrogens with zero attached hydrogens (tertiary/aromatic N) is 2. The molecule has 0 radical (unpaired) electrons. The molecular weight excluding hydrogens is 621 g/mol. The van der Waals surface area contributed by atoms with E-state index in [1.54, 1.807) is 0 Å². The molecule has 0 heterocycles. The van der Waals surface area contributed by atoms with Gasteiger partial charge in [0.15, 0.2) is 0 Å². The molecule has 0 spiro atoms. The third kappa shape index (κ3) is 8.78. The highest BCUT2D eigenvalue weighted by atomic mass is 79.9. The number of anilines is 1. The molecule has 2 amide bonds. The zero-order valence-corrected chi connectivity index (χ0v) is 25.6. The van der Waals surface area contributed by atoms with Crippen molar-refractivity contribution < 1.29 is 22.4 Å². The summed E-state index contributed by atoms with van der Waals surface area (Å²) in [4.78, 5) is 29.1. The Kier molecular flexibility index (Phi) is 11.1. The van der Waals surface area contributed by atoms with E-state index in [-0.39, 0.29) is 35.6 Å². The second-order valence-electron chi connectivity index (χ2n) is 9.54. The molecule has 1 N–H and O–H groups in total. The Balaban J connectivity index is 2.06. The molecule has 40 heavy (non-hydrogen) atoms. The van der Waals surface area contributed by atoms with Crippen LogP contribution in [0.3, 0.4) is 0 Å². The van der Waals surface area contributed by atoms with Crippen LogP contribution in [-0.2, 0) is 32.6 Å². The van der Waals surface area contributed by atoms with Crippen molar-refractivity contribution in [2.75, 3.05) is 17.1 Å². The molecule has 3 aromatic rings. The van der Waals surface area contributed by atoms with Gasteiger partial charge in [0.05, 0.1) is 17.0 Å². The summed E-state index contributed by atoms with van der Waals surface area (Å²) < 4.78 is 41.1. The van der Waals surface area contributed by atoms with Crippen molar-refractivity contribution >= 4 is 55.1 Å². The number of carbonyl (C=O) groups is 2. The Labute approximate surface area is 248 Å². The molecule has 0 aromatic heterocycles. The van der Waals surface area contributed by atoms with Gasteiger partial charge in [0.25, 0.3) is 0 Å². The average molecular weight is 653 g/mol. The quantitative estimate of drug-likeness (QED) is 0.278. The van der Waals surface area contributed by atoms with Crippen molar-refractivity contribution in [3.8, 4) is 0 Å². The van der Waals surface area contributed by atoms with Gasteiger partial charge in [-0.2, -0.15) is 0 Å². The summed E-state index contributed by atoms with van der Waals surface area (Å²) in [5.74, 6) is -1.67. The van der Waals surface area contributed by atoms with Gasteiger partial charge in [-0.25, -0.2) is 12.8 Å². The summed E-state index contributed by atoms with van der Waals surface area (Å²) in [5.41, 5.74) is 1.63. The SMILES string of the molecule is CC[C@H](C)NC(=O)[C@H](Cc1ccccc1)N(Cc1ccc(Br)cc1)C(=O)CN(c1ccc(F)c(Cl)c1)S(C)(=O)=O. The first-order chi connectivity index (χ1) is 18.9. The highest BCUT2D eigenvalue weighted by Crippen LogP contribution is 2.25. The molecule has 2 atom stereocenters. The van der Waals surface area contributed by atoms with E-state index in [9.17, 15) is 22.4 Å². The highest BCUT2D eigenvalue weighted by Gasteiger charge is 2.33. The van der Waals surface area contributed by atoms with Crippen molar-refractivity contribution in [3.05, 3.63) is 99.2 Å². The van der Waals surface area contributed by atoms with Gasteiger partial charge in [0.1, 0.15) is 18.4 Å².